The number of ether oxygens (including phenoxy) is 1. The van der Waals surface area contributed by atoms with Gasteiger partial charge in [0.15, 0.2) is 0 Å². The monoisotopic (exact) mass is 293 g/mol. The summed E-state index contributed by atoms with van der Waals surface area (Å²) in [5.41, 5.74) is -0.458. The maximum atomic E-state index is 13.4. The average molecular weight is 293 g/mol. The lowest BCUT2D eigenvalue weighted by atomic mass is 10.1. The Morgan fingerprint density at radius 2 is 1.90 bits per heavy atom. The zero-order valence-electron chi connectivity index (χ0n) is 10.6. The van der Waals surface area contributed by atoms with Crippen LogP contribution >= 0.6 is 0 Å². The highest BCUT2D eigenvalue weighted by Gasteiger charge is 2.19. The quantitative estimate of drug-likeness (QED) is 0.376. The van der Waals surface area contributed by atoms with Gasteiger partial charge in [-0.15, -0.1) is 0 Å². The topological polar surface area (TPSA) is 69.4 Å². The van der Waals surface area contributed by atoms with Crippen molar-refractivity contribution in [3.8, 4) is 5.75 Å². The second-order valence-corrected chi connectivity index (χ2v) is 4.11. The number of halogens is 2. The van der Waals surface area contributed by atoms with Crippen molar-refractivity contribution in [3.05, 3.63) is 69.8 Å². The molecule has 0 fully saturated rings. The molecule has 0 aliphatic carbocycles. The fourth-order valence-corrected chi connectivity index (χ4v) is 1.68. The van der Waals surface area contributed by atoms with Crippen molar-refractivity contribution >= 4 is 11.7 Å². The molecular weight excluding hydrogens is 284 g/mol. The summed E-state index contributed by atoms with van der Waals surface area (Å²) >= 11 is 0. The fraction of sp³-hybridized carbons (Fsp3) is 0.0714. The van der Waals surface area contributed by atoms with Gasteiger partial charge in [-0.1, -0.05) is 18.2 Å². The van der Waals surface area contributed by atoms with Gasteiger partial charge in [-0.05, 0) is 17.7 Å². The minimum absolute atomic E-state index is 0.0848. The van der Waals surface area contributed by atoms with E-state index in [1.54, 1.807) is 0 Å². The number of benzene rings is 2. The summed E-state index contributed by atoms with van der Waals surface area (Å²) in [6.07, 6.45) is -0.416. The number of nitro benzene ring substituents is 1. The Labute approximate surface area is 117 Å². The maximum Gasteiger partial charge on any atom is 0.316 e. The molecule has 21 heavy (non-hydrogen) atoms. The van der Waals surface area contributed by atoms with E-state index in [0.29, 0.717) is 0 Å². The molecule has 108 valence electrons. The highest BCUT2D eigenvalue weighted by atomic mass is 19.1. The smallest absolute Gasteiger partial charge is 0.316 e. The Kier molecular flexibility index (Phi) is 4.22. The number of nitrogens with zero attached hydrogens (tertiary/aromatic N) is 1. The lowest BCUT2D eigenvalue weighted by Gasteiger charge is -2.06. The van der Waals surface area contributed by atoms with Crippen LogP contribution in [0.5, 0.6) is 5.75 Å². The maximum absolute atomic E-state index is 13.4. The van der Waals surface area contributed by atoms with Gasteiger partial charge in [-0.25, -0.2) is 8.78 Å². The van der Waals surface area contributed by atoms with Gasteiger partial charge in [0.2, 0.25) is 5.75 Å². The number of esters is 1. The highest BCUT2D eigenvalue weighted by Crippen LogP contribution is 2.27. The van der Waals surface area contributed by atoms with Crippen molar-refractivity contribution < 1.29 is 23.2 Å². The minimum Gasteiger partial charge on any atom is -0.419 e. The number of hydrogen-bond donors (Lipinski definition) is 0. The molecular formula is C14H9F2NO4. The fourth-order valence-electron chi connectivity index (χ4n) is 1.68. The summed E-state index contributed by atoms with van der Waals surface area (Å²) in [5, 5.41) is 10.8. The molecule has 7 heteroatoms. The molecule has 0 aromatic heterocycles. The van der Waals surface area contributed by atoms with Crippen molar-refractivity contribution in [2.45, 2.75) is 6.42 Å². The third kappa shape index (κ3) is 3.59. The standard InChI is InChI=1S/C14H9F2NO4/c15-10-5-6-12(17(19)20)13(8-10)21-14(18)7-9-3-1-2-4-11(9)16/h1-6,8H,7H2. The number of carbonyl (C=O) groups is 1. The van der Waals surface area contributed by atoms with E-state index < -0.39 is 40.4 Å². The van der Waals surface area contributed by atoms with E-state index in [4.69, 9.17) is 4.74 Å². The van der Waals surface area contributed by atoms with Gasteiger partial charge in [0, 0.05) is 12.1 Å². The van der Waals surface area contributed by atoms with Crippen molar-refractivity contribution in [2.24, 2.45) is 0 Å². The van der Waals surface area contributed by atoms with Crippen molar-refractivity contribution in [3.63, 3.8) is 0 Å². The number of carbonyl (C=O) groups excluding carboxylic acids is 1. The van der Waals surface area contributed by atoms with Gasteiger partial charge >= 0.3 is 11.7 Å². The second kappa shape index (κ2) is 6.08. The summed E-state index contributed by atoms with van der Waals surface area (Å²) < 4.78 is 31.2. The predicted octanol–water partition coefficient (Wildman–Crippen LogP) is 3.02. The first kappa shape index (κ1) is 14.6. The van der Waals surface area contributed by atoms with Crippen molar-refractivity contribution in [2.75, 3.05) is 0 Å². The van der Waals surface area contributed by atoms with Gasteiger partial charge < -0.3 is 4.74 Å². The Balaban J connectivity index is 2.18. The van der Waals surface area contributed by atoms with Crippen molar-refractivity contribution in [1.29, 1.82) is 0 Å². The molecule has 0 N–H and O–H groups in total. The van der Waals surface area contributed by atoms with Gasteiger partial charge in [0.25, 0.3) is 0 Å². The molecule has 0 heterocycles. The largest absolute Gasteiger partial charge is 0.419 e. The number of nitro groups is 1. The Hall–Kier alpha value is -2.83. The van der Waals surface area contributed by atoms with E-state index in [1.165, 1.54) is 24.3 Å². The minimum atomic E-state index is -0.922. The van der Waals surface area contributed by atoms with Crippen LogP contribution in [0.1, 0.15) is 5.56 Å². The van der Waals surface area contributed by atoms with Crippen LogP contribution in [0.25, 0.3) is 0 Å². The van der Waals surface area contributed by atoms with Gasteiger partial charge in [-0.3, -0.25) is 14.9 Å². The van der Waals surface area contributed by atoms with Gasteiger partial charge in [-0.2, -0.15) is 0 Å². The van der Waals surface area contributed by atoms with E-state index in [1.807, 2.05) is 0 Å². The SMILES string of the molecule is O=C(Cc1ccccc1F)Oc1cc(F)ccc1[N+](=O)[O-]. The Bertz CT molecular complexity index is 703. The van der Waals surface area contributed by atoms with E-state index in [0.717, 1.165) is 18.2 Å². The summed E-state index contributed by atoms with van der Waals surface area (Å²) in [5.74, 6) is -2.81. The van der Waals surface area contributed by atoms with Crippen LogP contribution in [0, 0.1) is 21.7 Å². The van der Waals surface area contributed by atoms with Crippen LogP contribution in [0.15, 0.2) is 42.5 Å². The van der Waals surface area contributed by atoms with Gasteiger partial charge in [0.1, 0.15) is 11.6 Å². The number of hydrogen-bond acceptors (Lipinski definition) is 4. The summed E-state index contributed by atoms with van der Waals surface area (Å²) in [6, 6.07) is 8.06. The number of rotatable bonds is 4. The average Bonchev–Trinajstić information content (AvgIpc) is 2.41. The molecule has 0 aliphatic heterocycles. The Morgan fingerprint density at radius 1 is 1.19 bits per heavy atom. The molecule has 0 saturated heterocycles. The van der Waals surface area contributed by atoms with Crippen LogP contribution in [-0.2, 0) is 11.2 Å². The highest BCUT2D eigenvalue weighted by molar-refractivity contribution is 5.76. The normalized spacial score (nSPS) is 10.2. The predicted molar refractivity (Wildman–Crippen MR) is 68.8 cm³/mol. The first-order valence-corrected chi connectivity index (χ1v) is 5.85. The van der Waals surface area contributed by atoms with Crippen molar-refractivity contribution in [1.82, 2.24) is 0 Å². The molecule has 0 amide bonds. The zero-order valence-corrected chi connectivity index (χ0v) is 10.6. The van der Waals surface area contributed by atoms with Crippen LogP contribution < -0.4 is 4.74 Å². The lowest BCUT2D eigenvalue weighted by molar-refractivity contribution is -0.385. The summed E-state index contributed by atoms with van der Waals surface area (Å²) in [6.45, 7) is 0. The molecule has 5 nitrogen and oxygen atoms in total. The van der Waals surface area contributed by atoms with E-state index >= 15 is 0 Å². The van der Waals surface area contributed by atoms with E-state index in [9.17, 15) is 23.7 Å². The molecule has 2 rings (SSSR count). The van der Waals surface area contributed by atoms with Crippen LogP contribution in [-0.4, -0.2) is 10.9 Å². The zero-order chi connectivity index (χ0) is 15.4. The lowest BCUT2D eigenvalue weighted by Crippen LogP contribution is -2.13. The van der Waals surface area contributed by atoms with Crippen LogP contribution in [0.2, 0.25) is 0 Å². The summed E-state index contributed by atoms with van der Waals surface area (Å²) in [7, 11) is 0. The molecule has 0 spiro atoms. The van der Waals surface area contributed by atoms with Crippen LogP contribution in [0.4, 0.5) is 14.5 Å². The molecule has 2 aromatic carbocycles. The first-order valence-electron chi connectivity index (χ1n) is 5.85. The molecule has 0 aliphatic rings. The second-order valence-electron chi connectivity index (χ2n) is 4.11. The van der Waals surface area contributed by atoms with Crippen LogP contribution in [0.3, 0.4) is 0 Å². The van der Waals surface area contributed by atoms with E-state index in [2.05, 4.69) is 0 Å². The third-order valence-corrected chi connectivity index (χ3v) is 2.63. The molecule has 0 saturated carbocycles. The first-order chi connectivity index (χ1) is 9.97. The molecule has 0 bridgehead atoms. The molecule has 0 radical (unpaired) electrons. The third-order valence-electron chi connectivity index (χ3n) is 2.63. The van der Waals surface area contributed by atoms with E-state index in [-0.39, 0.29) is 5.56 Å². The molecule has 2 aromatic rings. The Morgan fingerprint density at radius 3 is 2.57 bits per heavy atom. The molecule has 0 unspecified atom stereocenters. The summed E-state index contributed by atoms with van der Waals surface area (Å²) in [4.78, 5) is 21.6. The molecule has 0 atom stereocenters. The van der Waals surface area contributed by atoms with Gasteiger partial charge in [0.05, 0.1) is 11.3 Å².